The number of nitrogen functional groups attached to an aromatic ring is 1. The van der Waals surface area contributed by atoms with E-state index in [2.05, 4.69) is 0 Å². The molecule has 1 heterocycles. The van der Waals surface area contributed by atoms with E-state index in [1.54, 1.807) is 0 Å². The van der Waals surface area contributed by atoms with Gasteiger partial charge in [0.05, 0.1) is 0 Å². The summed E-state index contributed by atoms with van der Waals surface area (Å²) in [6, 6.07) is 8.06. The Morgan fingerprint density at radius 2 is 1.95 bits per heavy atom. The summed E-state index contributed by atoms with van der Waals surface area (Å²) in [6.07, 6.45) is 3.22. The Labute approximate surface area is 114 Å². The second-order valence-electron chi connectivity index (χ2n) is 5.09. The molecule has 0 spiro atoms. The van der Waals surface area contributed by atoms with Crippen LogP contribution in [0.25, 0.3) is 0 Å². The molecule has 0 atom stereocenters. The minimum Gasteiger partial charge on any atom is -0.399 e. The zero-order valence-electron chi connectivity index (χ0n) is 11.5. The summed E-state index contributed by atoms with van der Waals surface area (Å²) < 4.78 is 5.32. The van der Waals surface area contributed by atoms with Crippen LogP contribution < -0.4 is 5.73 Å². The molecule has 19 heavy (non-hydrogen) atoms. The van der Waals surface area contributed by atoms with Crippen LogP contribution in [0.2, 0.25) is 0 Å². The van der Waals surface area contributed by atoms with Crippen molar-refractivity contribution in [3.63, 3.8) is 0 Å². The molecule has 4 nitrogen and oxygen atoms in total. The predicted octanol–water partition coefficient (Wildman–Crippen LogP) is 1.84. The van der Waals surface area contributed by atoms with E-state index in [0.717, 1.165) is 43.7 Å². The number of carbonyl (C=O) groups excluding carboxylic acids is 1. The van der Waals surface area contributed by atoms with E-state index >= 15 is 0 Å². The van der Waals surface area contributed by atoms with Gasteiger partial charge in [0.15, 0.2) is 0 Å². The van der Waals surface area contributed by atoms with Crippen molar-refractivity contribution >= 4 is 11.6 Å². The van der Waals surface area contributed by atoms with Crippen LogP contribution in [-0.4, -0.2) is 37.1 Å². The van der Waals surface area contributed by atoms with Gasteiger partial charge in [0.2, 0.25) is 5.91 Å². The van der Waals surface area contributed by atoms with Gasteiger partial charge in [0.1, 0.15) is 0 Å². The van der Waals surface area contributed by atoms with Crippen LogP contribution >= 0.6 is 0 Å². The molecule has 0 saturated carbocycles. The number of nitrogens with zero attached hydrogens (tertiary/aromatic N) is 1. The van der Waals surface area contributed by atoms with Gasteiger partial charge >= 0.3 is 0 Å². The summed E-state index contributed by atoms with van der Waals surface area (Å²) in [5.74, 6) is 0.212. The highest BCUT2D eigenvalue weighted by atomic mass is 16.5. The van der Waals surface area contributed by atoms with E-state index < -0.39 is 0 Å². The Kier molecular flexibility index (Phi) is 4.80. The molecular weight excluding hydrogens is 240 g/mol. The van der Waals surface area contributed by atoms with Crippen molar-refractivity contribution < 1.29 is 9.53 Å². The lowest BCUT2D eigenvalue weighted by molar-refractivity contribution is -0.133. The Hall–Kier alpha value is -1.55. The predicted molar refractivity (Wildman–Crippen MR) is 75.8 cm³/mol. The molecule has 1 aromatic rings. The van der Waals surface area contributed by atoms with Gasteiger partial charge in [-0.1, -0.05) is 12.1 Å². The van der Waals surface area contributed by atoms with E-state index in [-0.39, 0.29) is 5.91 Å². The third-order valence-corrected chi connectivity index (χ3v) is 3.74. The van der Waals surface area contributed by atoms with Gasteiger partial charge in [-0.05, 0) is 37.0 Å². The highest BCUT2D eigenvalue weighted by Gasteiger charge is 2.21. The smallest absolute Gasteiger partial charge is 0.222 e. The number of ether oxygens (including phenoxy) is 1. The van der Waals surface area contributed by atoms with Crippen LogP contribution in [0.15, 0.2) is 24.3 Å². The molecule has 1 fully saturated rings. The summed E-state index contributed by atoms with van der Waals surface area (Å²) in [4.78, 5) is 14.0. The van der Waals surface area contributed by atoms with Crippen molar-refractivity contribution in [3.8, 4) is 0 Å². The fourth-order valence-corrected chi connectivity index (χ4v) is 2.39. The maximum absolute atomic E-state index is 12.1. The molecule has 0 aromatic heterocycles. The van der Waals surface area contributed by atoms with Gasteiger partial charge in [0.25, 0.3) is 0 Å². The normalized spacial score (nSPS) is 16.3. The average molecular weight is 262 g/mol. The summed E-state index contributed by atoms with van der Waals surface area (Å²) in [7, 11) is 1.90. The van der Waals surface area contributed by atoms with E-state index in [1.807, 2.05) is 36.2 Å². The number of hydrogen-bond donors (Lipinski definition) is 1. The van der Waals surface area contributed by atoms with Crippen LogP contribution in [0, 0.1) is 0 Å². The van der Waals surface area contributed by atoms with Crippen molar-refractivity contribution in [3.05, 3.63) is 29.8 Å². The van der Waals surface area contributed by atoms with E-state index in [9.17, 15) is 4.79 Å². The zero-order valence-corrected chi connectivity index (χ0v) is 11.5. The number of hydrogen-bond acceptors (Lipinski definition) is 3. The van der Waals surface area contributed by atoms with E-state index in [0.29, 0.717) is 12.5 Å². The summed E-state index contributed by atoms with van der Waals surface area (Å²) >= 11 is 0. The highest BCUT2D eigenvalue weighted by Crippen LogP contribution is 2.15. The van der Waals surface area contributed by atoms with Crippen LogP contribution in [0.4, 0.5) is 5.69 Å². The first-order valence-corrected chi connectivity index (χ1v) is 6.84. The van der Waals surface area contributed by atoms with Crippen LogP contribution in [0.1, 0.15) is 24.8 Å². The van der Waals surface area contributed by atoms with Gasteiger partial charge in [-0.25, -0.2) is 0 Å². The second kappa shape index (κ2) is 6.57. The molecule has 0 unspecified atom stereocenters. The average Bonchev–Trinajstić information content (AvgIpc) is 2.46. The molecule has 1 aromatic carbocycles. The van der Waals surface area contributed by atoms with Crippen molar-refractivity contribution in [2.24, 2.45) is 0 Å². The molecule has 1 saturated heterocycles. The van der Waals surface area contributed by atoms with Gasteiger partial charge in [-0.3, -0.25) is 4.79 Å². The molecule has 2 rings (SSSR count). The Balaban J connectivity index is 1.81. The SMILES string of the molecule is CN(C(=O)CCc1ccc(N)cc1)C1CCOCC1. The lowest BCUT2D eigenvalue weighted by atomic mass is 10.1. The Bertz CT molecular complexity index is 411. The molecule has 1 aliphatic rings. The van der Waals surface area contributed by atoms with Crippen LogP contribution in [0.3, 0.4) is 0 Å². The minimum absolute atomic E-state index is 0.212. The number of amides is 1. The monoisotopic (exact) mass is 262 g/mol. The van der Waals surface area contributed by atoms with Crippen molar-refractivity contribution in [2.45, 2.75) is 31.7 Å². The van der Waals surface area contributed by atoms with Crippen molar-refractivity contribution in [1.82, 2.24) is 4.90 Å². The maximum Gasteiger partial charge on any atom is 0.222 e. The van der Waals surface area contributed by atoms with E-state index in [1.165, 1.54) is 0 Å². The second-order valence-corrected chi connectivity index (χ2v) is 5.09. The number of nitrogens with two attached hydrogens (primary N) is 1. The number of carbonyl (C=O) groups is 1. The first kappa shape index (κ1) is 13.9. The molecule has 0 radical (unpaired) electrons. The number of aryl methyl sites for hydroxylation is 1. The number of rotatable bonds is 4. The van der Waals surface area contributed by atoms with Crippen molar-refractivity contribution in [2.75, 3.05) is 26.0 Å². The topological polar surface area (TPSA) is 55.6 Å². The molecule has 1 aliphatic heterocycles. The molecular formula is C15H22N2O2. The third kappa shape index (κ3) is 3.96. The largest absolute Gasteiger partial charge is 0.399 e. The lowest BCUT2D eigenvalue weighted by Crippen LogP contribution is -2.40. The van der Waals surface area contributed by atoms with Crippen LogP contribution in [0.5, 0.6) is 0 Å². The van der Waals surface area contributed by atoms with Gasteiger partial charge in [-0.2, -0.15) is 0 Å². The molecule has 0 bridgehead atoms. The zero-order chi connectivity index (χ0) is 13.7. The fourth-order valence-electron chi connectivity index (χ4n) is 2.39. The van der Waals surface area contributed by atoms with Gasteiger partial charge < -0.3 is 15.4 Å². The Morgan fingerprint density at radius 1 is 1.32 bits per heavy atom. The quantitative estimate of drug-likeness (QED) is 0.842. The number of benzene rings is 1. The highest BCUT2D eigenvalue weighted by molar-refractivity contribution is 5.76. The number of anilines is 1. The molecule has 2 N–H and O–H groups in total. The summed E-state index contributed by atoms with van der Waals surface area (Å²) in [5, 5.41) is 0. The van der Waals surface area contributed by atoms with Gasteiger partial charge in [0, 0.05) is 38.4 Å². The Morgan fingerprint density at radius 3 is 2.58 bits per heavy atom. The minimum atomic E-state index is 0.212. The third-order valence-electron chi connectivity index (χ3n) is 3.74. The van der Waals surface area contributed by atoms with E-state index in [4.69, 9.17) is 10.5 Å². The standard InChI is InChI=1S/C15H22N2O2/c1-17(14-8-10-19-11-9-14)15(18)7-4-12-2-5-13(16)6-3-12/h2-3,5-6,14H,4,7-11,16H2,1H3. The molecule has 1 amide bonds. The first-order valence-electron chi connectivity index (χ1n) is 6.84. The van der Waals surface area contributed by atoms with Crippen LogP contribution in [-0.2, 0) is 16.0 Å². The lowest BCUT2D eigenvalue weighted by Gasteiger charge is -2.31. The summed E-state index contributed by atoms with van der Waals surface area (Å²) in [6.45, 7) is 1.53. The van der Waals surface area contributed by atoms with Gasteiger partial charge in [-0.15, -0.1) is 0 Å². The molecule has 4 heteroatoms. The molecule has 104 valence electrons. The molecule has 0 aliphatic carbocycles. The first-order chi connectivity index (χ1) is 9.16. The summed E-state index contributed by atoms with van der Waals surface area (Å²) in [5.41, 5.74) is 7.56. The maximum atomic E-state index is 12.1. The van der Waals surface area contributed by atoms with Crippen molar-refractivity contribution in [1.29, 1.82) is 0 Å². The fraction of sp³-hybridized carbons (Fsp3) is 0.533.